The molecule has 0 radical (unpaired) electrons. The Hall–Kier alpha value is -3.07. The summed E-state index contributed by atoms with van der Waals surface area (Å²) in [6.45, 7) is 4.46. The summed E-state index contributed by atoms with van der Waals surface area (Å²) >= 11 is 0. The molecule has 1 aliphatic rings. The van der Waals surface area contributed by atoms with Gasteiger partial charge in [0.1, 0.15) is 17.5 Å². The Bertz CT molecular complexity index is 875. The van der Waals surface area contributed by atoms with E-state index < -0.39 is 0 Å². The van der Waals surface area contributed by atoms with Crippen molar-refractivity contribution in [2.24, 2.45) is 0 Å². The molecule has 6 nitrogen and oxygen atoms in total. The van der Waals surface area contributed by atoms with E-state index in [9.17, 15) is 9.59 Å². The zero-order valence-electron chi connectivity index (χ0n) is 13.0. The van der Waals surface area contributed by atoms with Crippen LogP contribution in [0, 0.1) is 18.3 Å². The number of carbonyl (C=O) groups excluding carboxylic acids is 1. The molecule has 1 amide bonds. The van der Waals surface area contributed by atoms with Crippen molar-refractivity contribution in [2.45, 2.75) is 20.4 Å². The molecule has 0 spiro atoms. The molecular weight excluding hydrogens is 292 g/mol. The summed E-state index contributed by atoms with van der Waals surface area (Å²) in [6, 6.07) is 11.3. The fourth-order valence-electron chi connectivity index (χ4n) is 2.83. The Labute approximate surface area is 133 Å². The van der Waals surface area contributed by atoms with Crippen LogP contribution in [-0.4, -0.2) is 17.0 Å². The maximum absolute atomic E-state index is 12.3. The third kappa shape index (κ3) is 2.57. The van der Waals surface area contributed by atoms with Crippen LogP contribution in [0.4, 0.5) is 17.2 Å². The highest BCUT2D eigenvalue weighted by atomic mass is 16.1. The van der Waals surface area contributed by atoms with Gasteiger partial charge in [-0.1, -0.05) is 0 Å². The summed E-state index contributed by atoms with van der Waals surface area (Å²) in [7, 11) is 0. The molecule has 6 heteroatoms. The molecule has 1 aliphatic heterocycles. The first-order valence-electron chi connectivity index (χ1n) is 7.31. The van der Waals surface area contributed by atoms with Crippen molar-refractivity contribution < 1.29 is 4.79 Å². The molecule has 0 bridgehead atoms. The monoisotopic (exact) mass is 308 g/mol. The number of benzene rings is 1. The fraction of sp³-hybridized carbons (Fsp3) is 0.235. The highest BCUT2D eigenvalue weighted by molar-refractivity contribution is 5.88. The van der Waals surface area contributed by atoms with E-state index in [0.717, 1.165) is 17.2 Å². The van der Waals surface area contributed by atoms with E-state index in [2.05, 4.69) is 5.32 Å². The van der Waals surface area contributed by atoms with Crippen LogP contribution in [0.15, 0.2) is 35.1 Å². The molecule has 0 aliphatic carbocycles. The standard InChI is InChI=1S/C17H16N4O2/c1-11-9-16-20(7-8-21(16)17(23)15(11)10-18)14-5-3-13(4-6-14)19-12(2)22/h3-6,9H,7-8H2,1-2H3,(H,19,22). The number of fused-ring (bicyclic) bond motifs is 1. The predicted octanol–water partition coefficient (Wildman–Crippen LogP) is 2.14. The van der Waals surface area contributed by atoms with Crippen molar-refractivity contribution in [2.75, 3.05) is 16.8 Å². The third-order valence-electron chi connectivity index (χ3n) is 3.91. The first kappa shape index (κ1) is 14.9. The van der Waals surface area contributed by atoms with Gasteiger partial charge in [-0.05, 0) is 42.8 Å². The lowest BCUT2D eigenvalue weighted by atomic mass is 10.1. The van der Waals surface area contributed by atoms with Gasteiger partial charge in [0.25, 0.3) is 5.56 Å². The second-order valence-electron chi connectivity index (χ2n) is 5.51. The summed E-state index contributed by atoms with van der Waals surface area (Å²) < 4.78 is 1.63. The van der Waals surface area contributed by atoms with Gasteiger partial charge in [-0.2, -0.15) is 5.26 Å². The number of carbonyl (C=O) groups is 1. The highest BCUT2D eigenvalue weighted by Gasteiger charge is 2.23. The lowest BCUT2D eigenvalue weighted by Crippen LogP contribution is -2.22. The highest BCUT2D eigenvalue weighted by Crippen LogP contribution is 2.30. The van der Waals surface area contributed by atoms with Gasteiger partial charge in [-0.15, -0.1) is 0 Å². The fourth-order valence-corrected chi connectivity index (χ4v) is 2.83. The van der Waals surface area contributed by atoms with Gasteiger partial charge in [-0.25, -0.2) is 0 Å². The number of nitrogens with one attached hydrogen (secondary N) is 1. The molecule has 1 N–H and O–H groups in total. The zero-order chi connectivity index (χ0) is 16.6. The SMILES string of the molecule is CC(=O)Nc1ccc(N2CCn3c2cc(C)c(C#N)c3=O)cc1. The molecular formula is C17H16N4O2. The average molecular weight is 308 g/mol. The van der Waals surface area contributed by atoms with E-state index >= 15 is 0 Å². The van der Waals surface area contributed by atoms with Gasteiger partial charge in [-0.3, -0.25) is 14.2 Å². The molecule has 116 valence electrons. The van der Waals surface area contributed by atoms with Gasteiger partial charge in [0.15, 0.2) is 0 Å². The minimum absolute atomic E-state index is 0.115. The summed E-state index contributed by atoms with van der Waals surface area (Å²) in [4.78, 5) is 25.4. The number of hydrogen-bond donors (Lipinski definition) is 1. The Morgan fingerprint density at radius 1 is 1.26 bits per heavy atom. The lowest BCUT2D eigenvalue weighted by Gasteiger charge is -2.19. The number of aromatic nitrogens is 1. The van der Waals surface area contributed by atoms with E-state index in [1.807, 2.05) is 41.3 Å². The number of anilines is 3. The van der Waals surface area contributed by atoms with Gasteiger partial charge in [0.05, 0.1) is 0 Å². The van der Waals surface area contributed by atoms with Crippen molar-refractivity contribution >= 4 is 23.1 Å². The molecule has 0 saturated heterocycles. The number of pyridine rings is 1. The molecule has 2 aromatic rings. The maximum Gasteiger partial charge on any atom is 0.270 e. The third-order valence-corrected chi connectivity index (χ3v) is 3.91. The van der Waals surface area contributed by atoms with Crippen LogP contribution in [0.1, 0.15) is 18.1 Å². The summed E-state index contributed by atoms with van der Waals surface area (Å²) in [6.07, 6.45) is 0. The van der Waals surface area contributed by atoms with Crippen molar-refractivity contribution in [1.29, 1.82) is 5.26 Å². The first-order valence-corrected chi connectivity index (χ1v) is 7.31. The zero-order valence-corrected chi connectivity index (χ0v) is 13.0. The maximum atomic E-state index is 12.3. The summed E-state index contributed by atoms with van der Waals surface area (Å²) in [5.74, 6) is 0.675. The van der Waals surface area contributed by atoms with Crippen LogP contribution in [0.2, 0.25) is 0 Å². The normalized spacial score (nSPS) is 12.7. The number of nitrogens with zero attached hydrogens (tertiary/aromatic N) is 3. The molecule has 1 aromatic heterocycles. The number of amides is 1. The molecule has 0 saturated carbocycles. The number of nitriles is 1. The quantitative estimate of drug-likeness (QED) is 0.922. The topological polar surface area (TPSA) is 78.1 Å². The van der Waals surface area contributed by atoms with Gasteiger partial charge in [0.2, 0.25) is 5.91 Å². The van der Waals surface area contributed by atoms with E-state index in [1.54, 1.807) is 11.5 Å². The smallest absolute Gasteiger partial charge is 0.270 e. The molecule has 0 atom stereocenters. The summed E-state index contributed by atoms with van der Waals surface area (Å²) in [5, 5.41) is 11.8. The van der Waals surface area contributed by atoms with Crippen molar-refractivity contribution in [1.82, 2.24) is 4.57 Å². The molecule has 0 unspecified atom stereocenters. The second kappa shape index (κ2) is 5.61. The van der Waals surface area contributed by atoms with Crippen LogP contribution in [0.3, 0.4) is 0 Å². The van der Waals surface area contributed by atoms with Crippen LogP contribution in [0.25, 0.3) is 0 Å². The first-order chi connectivity index (χ1) is 11.0. The number of hydrogen-bond acceptors (Lipinski definition) is 4. The second-order valence-corrected chi connectivity index (χ2v) is 5.51. The Balaban J connectivity index is 1.99. The Morgan fingerprint density at radius 3 is 2.57 bits per heavy atom. The lowest BCUT2D eigenvalue weighted by molar-refractivity contribution is -0.114. The van der Waals surface area contributed by atoms with E-state index in [1.165, 1.54) is 6.92 Å². The largest absolute Gasteiger partial charge is 0.326 e. The minimum Gasteiger partial charge on any atom is -0.326 e. The van der Waals surface area contributed by atoms with Crippen molar-refractivity contribution in [3.8, 4) is 6.07 Å². The minimum atomic E-state index is -0.236. The Morgan fingerprint density at radius 2 is 1.96 bits per heavy atom. The molecule has 0 fully saturated rings. The van der Waals surface area contributed by atoms with E-state index in [0.29, 0.717) is 18.7 Å². The van der Waals surface area contributed by atoms with E-state index in [-0.39, 0.29) is 17.0 Å². The number of rotatable bonds is 2. The average Bonchev–Trinajstić information content (AvgIpc) is 2.92. The van der Waals surface area contributed by atoms with Gasteiger partial charge >= 0.3 is 0 Å². The van der Waals surface area contributed by atoms with E-state index in [4.69, 9.17) is 5.26 Å². The molecule has 23 heavy (non-hydrogen) atoms. The Kier molecular flexibility index (Phi) is 3.62. The van der Waals surface area contributed by atoms with Crippen molar-refractivity contribution in [3.63, 3.8) is 0 Å². The van der Waals surface area contributed by atoms with Gasteiger partial charge < -0.3 is 10.2 Å². The predicted molar refractivity (Wildman–Crippen MR) is 87.9 cm³/mol. The van der Waals surface area contributed by atoms with Crippen molar-refractivity contribution in [3.05, 3.63) is 51.8 Å². The van der Waals surface area contributed by atoms with Gasteiger partial charge in [0, 0.05) is 31.4 Å². The number of aryl methyl sites for hydroxylation is 1. The van der Waals surface area contributed by atoms with Crippen LogP contribution in [-0.2, 0) is 11.3 Å². The van der Waals surface area contributed by atoms with Crippen LogP contribution in [0.5, 0.6) is 0 Å². The molecule has 2 heterocycles. The molecule has 1 aromatic carbocycles. The van der Waals surface area contributed by atoms with Crippen LogP contribution >= 0.6 is 0 Å². The molecule has 3 rings (SSSR count). The van der Waals surface area contributed by atoms with Crippen LogP contribution < -0.4 is 15.8 Å². The summed E-state index contributed by atoms with van der Waals surface area (Å²) in [5.41, 5.74) is 2.32.